The molecule has 0 spiro atoms. The van der Waals surface area contributed by atoms with Crippen molar-refractivity contribution in [1.82, 2.24) is 14.8 Å². The lowest BCUT2D eigenvalue weighted by Crippen LogP contribution is -2.12. The zero-order chi connectivity index (χ0) is 14.7. The highest BCUT2D eigenvalue weighted by molar-refractivity contribution is 6.03. The van der Waals surface area contributed by atoms with E-state index in [1.165, 1.54) is 24.5 Å². The molecule has 0 saturated carbocycles. The molecule has 2 aromatic rings. The van der Waals surface area contributed by atoms with Crippen molar-refractivity contribution in [2.24, 2.45) is 0 Å². The van der Waals surface area contributed by atoms with Crippen molar-refractivity contribution in [3.8, 4) is 0 Å². The van der Waals surface area contributed by atoms with Crippen LogP contribution in [0.1, 0.15) is 10.5 Å². The highest BCUT2D eigenvalue weighted by atomic mass is 16.6. The van der Waals surface area contributed by atoms with Crippen LogP contribution in [0.2, 0.25) is 0 Å². The standard InChI is InChI=1S/C10H9N5O5/c16-9(17)5-14-4-6(3-11-14)12-10(18)7-1-2-8(13-7)15(19)20/h1-4,13H,5H2,(H,12,18)(H,16,17). The Balaban J connectivity index is 2.05. The molecule has 0 fully saturated rings. The average Bonchev–Trinajstić information content (AvgIpc) is 2.97. The molecule has 0 atom stereocenters. The van der Waals surface area contributed by atoms with E-state index in [4.69, 9.17) is 5.11 Å². The minimum Gasteiger partial charge on any atom is -0.480 e. The number of H-pyrrole nitrogens is 1. The van der Waals surface area contributed by atoms with E-state index in [9.17, 15) is 19.7 Å². The summed E-state index contributed by atoms with van der Waals surface area (Å²) >= 11 is 0. The Morgan fingerprint density at radius 1 is 1.50 bits per heavy atom. The molecule has 1 amide bonds. The van der Waals surface area contributed by atoms with Crippen LogP contribution >= 0.6 is 0 Å². The average molecular weight is 279 g/mol. The number of nitrogens with zero attached hydrogens (tertiary/aromatic N) is 3. The van der Waals surface area contributed by atoms with Gasteiger partial charge in [-0.1, -0.05) is 0 Å². The van der Waals surface area contributed by atoms with Crippen LogP contribution in [0.4, 0.5) is 11.5 Å². The van der Waals surface area contributed by atoms with Crippen molar-refractivity contribution in [2.75, 3.05) is 5.32 Å². The van der Waals surface area contributed by atoms with E-state index in [-0.39, 0.29) is 23.7 Å². The lowest BCUT2D eigenvalue weighted by Gasteiger charge is -1.97. The van der Waals surface area contributed by atoms with Crippen LogP contribution in [-0.4, -0.2) is 36.7 Å². The summed E-state index contributed by atoms with van der Waals surface area (Å²) in [7, 11) is 0. The molecule has 3 N–H and O–H groups in total. The quantitative estimate of drug-likeness (QED) is 0.535. The molecule has 0 aliphatic heterocycles. The second-order valence-electron chi connectivity index (χ2n) is 3.79. The molecule has 0 aliphatic rings. The summed E-state index contributed by atoms with van der Waals surface area (Å²) in [4.78, 5) is 34.4. The van der Waals surface area contributed by atoms with Gasteiger partial charge in [-0.2, -0.15) is 5.10 Å². The number of aromatic amines is 1. The van der Waals surface area contributed by atoms with Crippen LogP contribution < -0.4 is 5.32 Å². The van der Waals surface area contributed by atoms with Crippen molar-refractivity contribution >= 4 is 23.4 Å². The van der Waals surface area contributed by atoms with Gasteiger partial charge in [-0.15, -0.1) is 0 Å². The fourth-order valence-electron chi connectivity index (χ4n) is 1.47. The van der Waals surface area contributed by atoms with E-state index in [2.05, 4.69) is 15.4 Å². The van der Waals surface area contributed by atoms with Gasteiger partial charge in [-0.25, -0.2) is 4.98 Å². The number of aromatic nitrogens is 3. The predicted octanol–water partition coefficient (Wildman–Crippen LogP) is 0.456. The Morgan fingerprint density at radius 2 is 2.25 bits per heavy atom. The molecule has 0 unspecified atom stereocenters. The zero-order valence-electron chi connectivity index (χ0n) is 9.94. The number of carbonyl (C=O) groups is 2. The largest absolute Gasteiger partial charge is 0.480 e. The van der Waals surface area contributed by atoms with Gasteiger partial charge < -0.3 is 20.5 Å². The first-order valence-corrected chi connectivity index (χ1v) is 5.34. The maximum absolute atomic E-state index is 11.8. The molecule has 0 saturated heterocycles. The monoisotopic (exact) mass is 279 g/mol. The van der Waals surface area contributed by atoms with Gasteiger partial charge in [0.15, 0.2) is 5.69 Å². The van der Waals surface area contributed by atoms with Gasteiger partial charge in [0.25, 0.3) is 5.91 Å². The van der Waals surface area contributed by atoms with Crippen molar-refractivity contribution in [1.29, 1.82) is 0 Å². The summed E-state index contributed by atoms with van der Waals surface area (Å²) in [6.07, 6.45) is 2.61. The molecule has 10 nitrogen and oxygen atoms in total. The lowest BCUT2D eigenvalue weighted by molar-refractivity contribution is -0.389. The Morgan fingerprint density at radius 3 is 2.85 bits per heavy atom. The van der Waals surface area contributed by atoms with Crippen LogP contribution in [-0.2, 0) is 11.3 Å². The normalized spacial score (nSPS) is 10.2. The third-order valence-electron chi connectivity index (χ3n) is 2.30. The van der Waals surface area contributed by atoms with Crippen molar-refractivity contribution in [2.45, 2.75) is 6.54 Å². The van der Waals surface area contributed by atoms with Gasteiger partial charge in [0, 0.05) is 12.3 Å². The number of aliphatic carboxylic acids is 1. The topological polar surface area (TPSA) is 143 Å². The number of nitrogens with one attached hydrogen (secondary N) is 2. The van der Waals surface area contributed by atoms with Gasteiger partial charge in [0.05, 0.1) is 11.9 Å². The summed E-state index contributed by atoms with van der Waals surface area (Å²) in [5, 5.41) is 25.2. The first-order chi connectivity index (χ1) is 9.45. The zero-order valence-corrected chi connectivity index (χ0v) is 9.94. The number of amides is 1. The molecule has 10 heteroatoms. The number of anilines is 1. The van der Waals surface area contributed by atoms with E-state index in [1.54, 1.807) is 0 Å². The summed E-state index contributed by atoms with van der Waals surface area (Å²) < 4.78 is 1.13. The smallest absolute Gasteiger partial charge is 0.325 e. The fourth-order valence-corrected chi connectivity index (χ4v) is 1.47. The van der Waals surface area contributed by atoms with Gasteiger partial charge in [-0.3, -0.25) is 14.3 Å². The predicted molar refractivity (Wildman–Crippen MR) is 65.3 cm³/mol. The number of carbonyl (C=O) groups excluding carboxylic acids is 1. The Kier molecular flexibility index (Phi) is 3.46. The van der Waals surface area contributed by atoms with E-state index in [0.29, 0.717) is 0 Å². The van der Waals surface area contributed by atoms with E-state index < -0.39 is 16.8 Å². The number of carboxylic acid groups (broad SMARTS) is 1. The molecule has 0 radical (unpaired) electrons. The van der Waals surface area contributed by atoms with Crippen LogP contribution in [0, 0.1) is 10.1 Å². The van der Waals surface area contributed by atoms with Crippen LogP contribution in [0.5, 0.6) is 0 Å². The SMILES string of the molecule is O=C(O)Cn1cc(NC(=O)c2ccc([N+](=O)[O-])[nH]2)cn1. The minimum absolute atomic E-state index is 0.0164. The van der Waals surface area contributed by atoms with E-state index in [0.717, 1.165) is 4.68 Å². The Hall–Kier alpha value is -3.17. The molecule has 0 aromatic carbocycles. The molecular weight excluding hydrogens is 270 g/mol. The first kappa shape index (κ1) is 13.3. The summed E-state index contributed by atoms with van der Waals surface area (Å²) in [5.41, 5.74) is 0.302. The number of hydrogen-bond acceptors (Lipinski definition) is 5. The highest BCUT2D eigenvalue weighted by Gasteiger charge is 2.16. The van der Waals surface area contributed by atoms with Crippen LogP contribution in [0.3, 0.4) is 0 Å². The van der Waals surface area contributed by atoms with Gasteiger partial charge in [0.1, 0.15) is 6.54 Å². The van der Waals surface area contributed by atoms with Gasteiger partial charge in [-0.05, 0) is 11.0 Å². The van der Waals surface area contributed by atoms with Gasteiger partial charge in [0.2, 0.25) is 0 Å². The summed E-state index contributed by atoms with van der Waals surface area (Å²) in [6.45, 7) is -0.330. The van der Waals surface area contributed by atoms with Crippen LogP contribution in [0.25, 0.3) is 0 Å². The molecule has 2 aromatic heterocycles. The maximum Gasteiger partial charge on any atom is 0.325 e. The first-order valence-electron chi connectivity index (χ1n) is 5.34. The Bertz CT molecular complexity index is 673. The molecule has 104 valence electrons. The Labute approximate surface area is 111 Å². The number of rotatable bonds is 5. The summed E-state index contributed by atoms with van der Waals surface area (Å²) in [5.74, 6) is -1.95. The third kappa shape index (κ3) is 2.98. The van der Waals surface area contributed by atoms with Crippen molar-refractivity contribution in [3.05, 3.63) is 40.3 Å². The fraction of sp³-hybridized carbons (Fsp3) is 0.100. The summed E-state index contributed by atoms with van der Waals surface area (Å²) in [6, 6.07) is 2.44. The number of nitro groups is 1. The second-order valence-corrected chi connectivity index (χ2v) is 3.79. The molecule has 0 aliphatic carbocycles. The number of hydrogen-bond donors (Lipinski definition) is 3. The number of carboxylic acids is 1. The highest BCUT2D eigenvalue weighted by Crippen LogP contribution is 2.12. The molecule has 0 bridgehead atoms. The molecular formula is C10H9N5O5. The van der Waals surface area contributed by atoms with E-state index in [1.807, 2.05) is 0 Å². The lowest BCUT2D eigenvalue weighted by atomic mass is 10.4. The van der Waals surface area contributed by atoms with Gasteiger partial charge >= 0.3 is 11.8 Å². The van der Waals surface area contributed by atoms with Crippen molar-refractivity contribution in [3.63, 3.8) is 0 Å². The second kappa shape index (κ2) is 5.22. The maximum atomic E-state index is 11.8. The third-order valence-corrected chi connectivity index (χ3v) is 2.30. The van der Waals surface area contributed by atoms with Crippen molar-refractivity contribution < 1.29 is 19.6 Å². The minimum atomic E-state index is -1.06. The molecule has 20 heavy (non-hydrogen) atoms. The van der Waals surface area contributed by atoms with Crippen LogP contribution in [0.15, 0.2) is 24.5 Å². The molecule has 2 heterocycles. The molecule has 2 rings (SSSR count). The van der Waals surface area contributed by atoms with E-state index >= 15 is 0 Å².